The van der Waals surface area contributed by atoms with E-state index in [-0.39, 0.29) is 23.1 Å². The Morgan fingerprint density at radius 3 is 2.46 bits per heavy atom. The van der Waals surface area contributed by atoms with E-state index < -0.39 is 23.6 Å². The highest BCUT2D eigenvalue weighted by Crippen LogP contribution is 2.38. The number of aromatic amines is 1. The molecule has 2 heterocycles. The third-order valence-electron chi connectivity index (χ3n) is 6.75. The monoisotopic (exact) mass is 538 g/mol. The lowest BCUT2D eigenvalue weighted by atomic mass is 9.99. The number of aromatic carboxylic acids is 1. The van der Waals surface area contributed by atoms with Crippen LogP contribution in [0.5, 0.6) is 5.75 Å². The second kappa shape index (κ2) is 10.4. The summed E-state index contributed by atoms with van der Waals surface area (Å²) in [7, 11) is 1.95. The van der Waals surface area contributed by atoms with Gasteiger partial charge in [-0.3, -0.25) is 9.89 Å². The molecule has 1 aromatic heterocycles. The first-order valence-electron chi connectivity index (χ1n) is 12.3. The van der Waals surface area contributed by atoms with E-state index in [9.17, 15) is 27.9 Å². The van der Waals surface area contributed by atoms with Gasteiger partial charge >= 0.3 is 12.1 Å². The molecule has 5 rings (SSSR count). The van der Waals surface area contributed by atoms with E-state index in [4.69, 9.17) is 4.74 Å². The minimum atomic E-state index is -4.69. The van der Waals surface area contributed by atoms with Gasteiger partial charge in [-0.15, -0.1) is 0 Å². The summed E-state index contributed by atoms with van der Waals surface area (Å²) in [5, 5.41) is 19.1. The Morgan fingerprint density at radius 1 is 1.08 bits per heavy atom. The van der Waals surface area contributed by atoms with Crippen LogP contribution < -0.4 is 10.1 Å². The zero-order chi connectivity index (χ0) is 27.7. The molecule has 202 valence electrons. The number of alkyl halides is 3. The molecular weight excluding hydrogens is 513 g/mol. The number of carbonyl (C=O) groups is 2. The predicted octanol–water partition coefficient (Wildman–Crippen LogP) is 5.67. The van der Waals surface area contributed by atoms with E-state index in [2.05, 4.69) is 20.4 Å². The molecule has 1 fully saturated rings. The predicted molar refractivity (Wildman–Crippen MR) is 139 cm³/mol. The van der Waals surface area contributed by atoms with Gasteiger partial charge in [-0.1, -0.05) is 24.3 Å². The Bertz CT molecular complexity index is 1520. The summed E-state index contributed by atoms with van der Waals surface area (Å²) in [6.07, 6.45) is -3.76. The van der Waals surface area contributed by atoms with Crippen molar-refractivity contribution >= 4 is 28.5 Å². The summed E-state index contributed by atoms with van der Waals surface area (Å²) in [6, 6.07) is 15.1. The molecule has 1 aliphatic rings. The number of ether oxygens (including phenoxy) is 1. The van der Waals surface area contributed by atoms with E-state index in [1.54, 1.807) is 42.5 Å². The number of nitrogens with one attached hydrogen (secondary N) is 2. The molecule has 11 heteroatoms. The van der Waals surface area contributed by atoms with Crippen LogP contribution in [0.3, 0.4) is 0 Å². The number of H-pyrrole nitrogens is 1. The SMILES string of the molecule is CN1CCC(Oc2ccc(C(=O)Nc3ccc(-c4cccc5[nH]nc(C(=O)O)c45)cc3)cc2C(F)(F)F)CC1. The van der Waals surface area contributed by atoms with Crippen LogP contribution in [-0.2, 0) is 6.18 Å². The number of anilines is 1. The van der Waals surface area contributed by atoms with Gasteiger partial charge in [0.1, 0.15) is 11.9 Å². The maximum atomic E-state index is 13.8. The smallest absolute Gasteiger partial charge is 0.419 e. The van der Waals surface area contributed by atoms with Crippen molar-refractivity contribution < 1.29 is 32.6 Å². The van der Waals surface area contributed by atoms with Gasteiger partial charge in [-0.2, -0.15) is 18.3 Å². The van der Waals surface area contributed by atoms with Crippen molar-refractivity contribution in [3.05, 3.63) is 77.5 Å². The number of hydrogen-bond acceptors (Lipinski definition) is 5. The molecule has 0 atom stereocenters. The number of nitrogens with zero attached hydrogens (tertiary/aromatic N) is 2. The van der Waals surface area contributed by atoms with Crippen LogP contribution in [0.4, 0.5) is 18.9 Å². The van der Waals surface area contributed by atoms with Crippen molar-refractivity contribution in [2.24, 2.45) is 0 Å². The molecule has 8 nitrogen and oxygen atoms in total. The van der Waals surface area contributed by atoms with Gasteiger partial charge in [-0.05, 0) is 67.4 Å². The van der Waals surface area contributed by atoms with Crippen molar-refractivity contribution in [2.75, 3.05) is 25.5 Å². The van der Waals surface area contributed by atoms with E-state index >= 15 is 0 Å². The fraction of sp³-hybridized carbons (Fsp3) is 0.250. The topological polar surface area (TPSA) is 108 Å². The van der Waals surface area contributed by atoms with Crippen molar-refractivity contribution in [3.8, 4) is 16.9 Å². The molecule has 3 N–H and O–H groups in total. The summed E-state index contributed by atoms with van der Waals surface area (Å²) < 4.78 is 47.2. The van der Waals surface area contributed by atoms with Crippen LogP contribution in [0.2, 0.25) is 0 Å². The van der Waals surface area contributed by atoms with Crippen LogP contribution in [0.1, 0.15) is 39.3 Å². The molecule has 0 aliphatic carbocycles. The molecule has 1 aliphatic heterocycles. The molecule has 0 radical (unpaired) electrons. The maximum Gasteiger partial charge on any atom is 0.419 e. The minimum absolute atomic E-state index is 0.110. The van der Waals surface area contributed by atoms with Crippen molar-refractivity contribution in [1.82, 2.24) is 15.1 Å². The van der Waals surface area contributed by atoms with E-state index in [1.807, 2.05) is 7.05 Å². The van der Waals surface area contributed by atoms with Crippen LogP contribution in [0.25, 0.3) is 22.0 Å². The Balaban J connectivity index is 1.35. The molecule has 1 saturated heterocycles. The average Bonchev–Trinajstić information content (AvgIpc) is 3.35. The number of hydrogen-bond donors (Lipinski definition) is 3. The molecule has 0 spiro atoms. The lowest BCUT2D eigenvalue weighted by molar-refractivity contribution is -0.139. The van der Waals surface area contributed by atoms with Gasteiger partial charge in [0.15, 0.2) is 5.69 Å². The van der Waals surface area contributed by atoms with Gasteiger partial charge < -0.3 is 20.1 Å². The van der Waals surface area contributed by atoms with Crippen molar-refractivity contribution in [1.29, 1.82) is 0 Å². The fourth-order valence-electron chi connectivity index (χ4n) is 4.68. The zero-order valence-electron chi connectivity index (χ0n) is 20.9. The van der Waals surface area contributed by atoms with E-state index in [0.717, 1.165) is 19.2 Å². The minimum Gasteiger partial charge on any atom is -0.490 e. The second-order valence-corrected chi connectivity index (χ2v) is 9.47. The van der Waals surface area contributed by atoms with Gasteiger partial charge in [0.2, 0.25) is 0 Å². The number of fused-ring (bicyclic) bond motifs is 1. The summed E-state index contributed by atoms with van der Waals surface area (Å²) in [5.74, 6) is -2.16. The van der Waals surface area contributed by atoms with Gasteiger partial charge in [0.05, 0.1) is 11.1 Å². The standard InChI is InChI=1S/C28H25F3N4O4/c1-35-13-11-19(12-14-35)39-23-10-7-17(15-21(23)28(29,30)31)26(36)32-18-8-5-16(6-9-18)20-3-2-4-22-24(20)25(27(37)38)34-33-22/h2-10,15,19H,11-14H2,1H3,(H,32,36)(H,33,34)(H,37,38). The number of halogens is 3. The Kier molecular flexibility index (Phi) is 7.00. The average molecular weight is 539 g/mol. The second-order valence-electron chi connectivity index (χ2n) is 9.47. The summed E-state index contributed by atoms with van der Waals surface area (Å²) in [6.45, 7) is 1.48. The number of rotatable bonds is 6. The molecule has 3 aromatic carbocycles. The quantitative estimate of drug-likeness (QED) is 0.292. The molecule has 0 saturated carbocycles. The third kappa shape index (κ3) is 5.58. The first-order chi connectivity index (χ1) is 18.6. The van der Waals surface area contributed by atoms with Crippen LogP contribution in [-0.4, -0.2) is 58.3 Å². The van der Waals surface area contributed by atoms with Crippen LogP contribution >= 0.6 is 0 Å². The number of aromatic nitrogens is 2. The zero-order valence-corrected chi connectivity index (χ0v) is 20.9. The largest absolute Gasteiger partial charge is 0.490 e. The van der Waals surface area contributed by atoms with E-state index in [0.29, 0.717) is 40.6 Å². The summed E-state index contributed by atoms with van der Waals surface area (Å²) in [5.41, 5.74) is 0.974. The molecule has 4 aromatic rings. The number of carboxylic acid groups (broad SMARTS) is 1. The first kappa shape index (κ1) is 26.2. The lowest BCUT2D eigenvalue weighted by Crippen LogP contribution is -2.36. The highest BCUT2D eigenvalue weighted by molar-refractivity contribution is 6.08. The number of carboxylic acids is 1. The van der Waals surface area contributed by atoms with Crippen LogP contribution in [0.15, 0.2) is 60.7 Å². The van der Waals surface area contributed by atoms with E-state index in [1.165, 1.54) is 12.1 Å². The van der Waals surface area contributed by atoms with Gasteiger partial charge in [-0.25, -0.2) is 4.79 Å². The summed E-state index contributed by atoms with van der Waals surface area (Å²) in [4.78, 5) is 26.5. The van der Waals surface area contributed by atoms with Gasteiger partial charge in [0, 0.05) is 29.7 Å². The Morgan fingerprint density at radius 2 is 1.79 bits per heavy atom. The Labute approximate surface area is 221 Å². The number of piperidine rings is 1. The van der Waals surface area contributed by atoms with Crippen LogP contribution in [0, 0.1) is 0 Å². The number of likely N-dealkylation sites (tertiary alicyclic amines) is 1. The number of amides is 1. The molecule has 0 bridgehead atoms. The highest BCUT2D eigenvalue weighted by Gasteiger charge is 2.36. The van der Waals surface area contributed by atoms with Crippen molar-refractivity contribution in [3.63, 3.8) is 0 Å². The molecule has 0 unspecified atom stereocenters. The number of benzene rings is 3. The lowest BCUT2D eigenvalue weighted by Gasteiger charge is -2.30. The number of carbonyl (C=O) groups excluding carboxylic acids is 1. The highest BCUT2D eigenvalue weighted by atomic mass is 19.4. The first-order valence-corrected chi connectivity index (χ1v) is 12.3. The van der Waals surface area contributed by atoms with Crippen molar-refractivity contribution in [2.45, 2.75) is 25.1 Å². The summed E-state index contributed by atoms with van der Waals surface area (Å²) >= 11 is 0. The molecular formula is C28H25F3N4O4. The molecule has 39 heavy (non-hydrogen) atoms. The normalized spacial score (nSPS) is 14.9. The van der Waals surface area contributed by atoms with Gasteiger partial charge in [0.25, 0.3) is 5.91 Å². The molecule has 1 amide bonds. The Hall–Kier alpha value is -4.38. The fourth-order valence-corrected chi connectivity index (χ4v) is 4.68. The third-order valence-corrected chi connectivity index (χ3v) is 6.75. The maximum absolute atomic E-state index is 13.8.